The van der Waals surface area contributed by atoms with Gasteiger partial charge in [-0.15, -0.1) is 0 Å². The lowest BCUT2D eigenvalue weighted by Gasteiger charge is -2.37. The Balaban J connectivity index is 1.62. The van der Waals surface area contributed by atoms with E-state index in [1.807, 2.05) is 32.4 Å². The second kappa shape index (κ2) is 20.8. The smallest absolute Gasteiger partial charge is 0.497 e. The first-order valence-electron chi connectivity index (χ1n) is 18.2. The molecule has 1 aromatic heterocycles. The Labute approximate surface area is 327 Å². The van der Waals surface area contributed by atoms with E-state index in [9.17, 15) is 24.4 Å². The third-order valence-corrected chi connectivity index (χ3v) is 10.7. The number of hydrogen-bond donors (Lipinski definition) is 1. The molecule has 2 unspecified atom stereocenters. The maximum Gasteiger partial charge on any atom is 0.509 e. The molecule has 56 heavy (non-hydrogen) atoms. The summed E-state index contributed by atoms with van der Waals surface area (Å²) >= 11 is 0. The summed E-state index contributed by atoms with van der Waals surface area (Å²) in [7, 11) is 1.15. The number of amides is 1. The Morgan fingerprint density at radius 2 is 1.68 bits per heavy atom. The van der Waals surface area contributed by atoms with Crippen LogP contribution in [0.15, 0.2) is 65.6 Å². The molecular formula is C39H50N5O11P. The van der Waals surface area contributed by atoms with Gasteiger partial charge in [-0.25, -0.2) is 14.3 Å². The highest BCUT2D eigenvalue weighted by Crippen LogP contribution is 2.50. The number of nitrogens with one attached hydrogen (secondary N) is 1. The van der Waals surface area contributed by atoms with Crippen LogP contribution in [0.1, 0.15) is 82.6 Å². The number of carbonyl (C=O) groups is 3. The van der Waals surface area contributed by atoms with Crippen molar-refractivity contribution in [3.05, 3.63) is 82.4 Å². The van der Waals surface area contributed by atoms with Crippen LogP contribution in [0, 0.1) is 17.2 Å². The highest BCUT2D eigenvalue weighted by molar-refractivity contribution is 7.44. The first-order chi connectivity index (χ1) is 26.8. The van der Waals surface area contributed by atoms with Gasteiger partial charge in [0.2, 0.25) is 11.7 Å². The molecule has 1 aliphatic heterocycles. The number of benzene rings is 2. The lowest BCUT2D eigenvalue weighted by Crippen LogP contribution is -2.37. The molecule has 1 fully saturated rings. The summed E-state index contributed by atoms with van der Waals surface area (Å²) in [5, 5.41) is 11.8. The third-order valence-electron chi connectivity index (χ3n) is 8.54. The Morgan fingerprint density at radius 1 is 1.02 bits per heavy atom. The second-order valence-corrected chi connectivity index (χ2v) is 15.0. The van der Waals surface area contributed by atoms with Crippen LogP contribution in [-0.2, 0) is 28.1 Å². The molecule has 2 aromatic carbocycles. The van der Waals surface area contributed by atoms with Gasteiger partial charge < -0.3 is 38.0 Å². The number of nitrogens with zero attached hydrogens (tertiary/aromatic N) is 4. The Kier molecular flexibility index (Phi) is 16.3. The van der Waals surface area contributed by atoms with E-state index < -0.39 is 57.3 Å². The predicted octanol–water partition coefficient (Wildman–Crippen LogP) is 6.58. The molecule has 5 atom stereocenters. The average molecular weight is 796 g/mol. The molecular weight excluding hydrogens is 745 g/mol. The maximum absolute atomic E-state index is 13.8. The molecule has 0 radical (unpaired) electrons. The van der Waals surface area contributed by atoms with Gasteiger partial charge in [0.05, 0.1) is 39.4 Å². The van der Waals surface area contributed by atoms with E-state index in [0.717, 1.165) is 0 Å². The number of anilines is 1. The van der Waals surface area contributed by atoms with Crippen molar-refractivity contribution in [3.8, 4) is 17.6 Å². The minimum absolute atomic E-state index is 0.0132. The minimum Gasteiger partial charge on any atom is -0.497 e. The third kappa shape index (κ3) is 11.8. The number of Topliss-reactive ketones (excluding diaryl/α,β-unsaturated/α-hetero) is 1. The van der Waals surface area contributed by atoms with Gasteiger partial charge >= 0.3 is 11.8 Å². The van der Waals surface area contributed by atoms with Crippen LogP contribution in [0.25, 0.3) is 0 Å². The number of ether oxygens (including phenoxy) is 5. The van der Waals surface area contributed by atoms with Gasteiger partial charge in [-0.2, -0.15) is 10.2 Å². The van der Waals surface area contributed by atoms with Crippen LogP contribution in [-0.4, -0.2) is 83.8 Å². The van der Waals surface area contributed by atoms with Crippen LogP contribution in [0.4, 0.5) is 10.6 Å². The average Bonchev–Trinajstić information content (AvgIpc) is 3.57. The number of ketones is 1. The van der Waals surface area contributed by atoms with E-state index in [-0.39, 0.29) is 54.7 Å². The van der Waals surface area contributed by atoms with Crippen molar-refractivity contribution < 1.29 is 47.1 Å². The molecule has 1 amide bonds. The van der Waals surface area contributed by atoms with Gasteiger partial charge in [-0.05, 0) is 45.9 Å². The van der Waals surface area contributed by atoms with E-state index >= 15 is 0 Å². The van der Waals surface area contributed by atoms with Gasteiger partial charge in [-0.3, -0.25) is 14.2 Å². The van der Waals surface area contributed by atoms with Gasteiger partial charge in [0, 0.05) is 47.8 Å². The van der Waals surface area contributed by atoms with Crippen molar-refractivity contribution in [2.75, 3.05) is 32.8 Å². The lowest BCUT2D eigenvalue weighted by atomic mass is 9.99. The highest BCUT2D eigenvalue weighted by atomic mass is 31.2. The first-order valence-corrected chi connectivity index (χ1v) is 19.3. The summed E-state index contributed by atoms with van der Waals surface area (Å²) in [4.78, 5) is 56.7. The summed E-state index contributed by atoms with van der Waals surface area (Å²) in [6.07, 6.45) is -3.57. The Bertz CT molecular complexity index is 1850. The zero-order valence-electron chi connectivity index (χ0n) is 32.9. The number of aromatic nitrogens is 2. The molecule has 2 heterocycles. The normalized spacial score (nSPS) is 17.7. The van der Waals surface area contributed by atoms with Crippen molar-refractivity contribution >= 4 is 32.2 Å². The first kappa shape index (κ1) is 43.8. The summed E-state index contributed by atoms with van der Waals surface area (Å²) < 4.78 is 44.4. The van der Waals surface area contributed by atoms with Gasteiger partial charge in [-0.1, -0.05) is 44.2 Å². The minimum atomic E-state index is -1.77. The molecule has 1 N–H and O–H groups in total. The molecule has 16 nitrogen and oxygen atoms in total. The van der Waals surface area contributed by atoms with Gasteiger partial charge in [0.1, 0.15) is 36.3 Å². The van der Waals surface area contributed by atoms with Crippen molar-refractivity contribution in [2.24, 2.45) is 5.92 Å². The van der Waals surface area contributed by atoms with Crippen LogP contribution in [0.5, 0.6) is 11.5 Å². The molecule has 4 rings (SSSR count). The predicted molar refractivity (Wildman–Crippen MR) is 206 cm³/mol. The molecule has 302 valence electrons. The molecule has 0 aliphatic carbocycles. The maximum atomic E-state index is 13.8. The monoisotopic (exact) mass is 795 g/mol. The number of rotatable bonds is 19. The number of nitriles is 1. The van der Waals surface area contributed by atoms with Crippen LogP contribution < -0.4 is 20.5 Å². The fraction of sp³-hybridized carbons (Fsp3) is 0.487. The summed E-state index contributed by atoms with van der Waals surface area (Å²) in [5.74, 6) is -0.304. The van der Waals surface area contributed by atoms with Crippen LogP contribution in [0.3, 0.4) is 0 Å². The highest BCUT2D eigenvalue weighted by Gasteiger charge is 2.42. The van der Waals surface area contributed by atoms with Gasteiger partial charge in [0.15, 0.2) is 6.10 Å². The summed E-state index contributed by atoms with van der Waals surface area (Å²) in [6.45, 7) is 11.1. The zero-order valence-corrected chi connectivity index (χ0v) is 33.8. The van der Waals surface area contributed by atoms with Crippen LogP contribution >= 0.6 is 8.53 Å². The molecule has 3 aromatic rings. The van der Waals surface area contributed by atoms with E-state index in [0.29, 0.717) is 17.1 Å². The fourth-order valence-corrected chi connectivity index (χ4v) is 7.56. The van der Waals surface area contributed by atoms with E-state index in [1.165, 1.54) is 31.0 Å². The molecule has 0 saturated carbocycles. The van der Waals surface area contributed by atoms with E-state index in [2.05, 4.69) is 16.4 Å². The molecule has 17 heteroatoms. The zero-order chi connectivity index (χ0) is 40.9. The van der Waals surface area contributed by atoms with Crippen molar-refractivity contribution in [3.63, 3.8) is 0 Å². The quantitative estimate of drug-likeness (QED) is 0.0593. The van der Waals surface area contributed by atoms with Crippen molar-refractivity contribution in [1.82, 2.24) is 14.2 Å². The summed E-state index contributed by atoms with van der Waals surface area (Å²) in [5.41, 5.74) is -0.111. The Hall–Kier alpha value is -4.91. The fourth-order valence-electron chi connectivity index (χ4n) is 5.80. The van der Waals surface area contributed by atoms with Gasteiger partial charge in [0.25, 0.3) is 8.53 Å². The molecule has 1 aliphatic rings. The van der Waals surface area contributed by atoms with Crippen molar-refractivity contribution in [2.45, 2.75) is 91.0 Å². The standard InChI is InChI=1S/C39H50N5O11P/c1-24(2)37(46)41-33-15-17-43(38(47)42-33)34-22-31(55-56(52-18-12-16-40)44(25(3)4)26(5)6)32(53-34)23-51-39(48)54-36(35(45)27-13-10-9-11-14-27)28-19-29(49-7)21-30(20-28)50-8/h9-11,13-15,17,19-21,24-26,31-32,34,36H,12,18,22-23H2,1-8H3,(H,41,42,46,47)/t31-,32+,34+,36?,56?/m0/s1. The van der Waals surface area contributed by atoms with E-state index in [1.54, 1.807) is 62.4 Å². The number of carbonyl (C=O) groups excluding carboxylic acids is 3. The number of methoxy groups -OCH3 is 2. The molecule has 0 spiro atoms. The summed E-state index contributed by atoms with van der Waals surface area (Å²) in [6, 6.07) is 16.6. The SMILES string of the molecule is COc1cc(OC)cc(C(OC(=O)OC[C@H]2O[C@@H](n3ccc(NC(=O)C(C)C)nc3=O)C[C@@H]2OP(OCCC#N)N(C(C)C)C(C)C)C(=O)c2ccccc2)c1. The van der Waals surface area contributed by atoms with E-state index in [4.69, 9.17) is 32.7 Å². The largest absolute Gasteiger partial charge is 0.509 e. The Morgan fingerprint density at radius 3 is 2.25 bits per heavy atom. The number of hydrogen-bond acceptors (Lipinski definition) is 14. The lowest BCUT2D eigenvalue weighted by molar-refractivity contribution is -0.118. The molecule has 1 saturated heterocycles. The second-order valence-electron chi connectivity index (χ2n) is 13.6. The topological polar surface area (TPSA) is 190 Å². The van der Waals surface area contributed by atoms with Crippen LogP contribution in [0.2, 0.25) is 0 Å². The molecule has 0 bridgehead atoms. The van der Waals surface area contributed by atoms with Crippen molar-refractivity contribution in [1.29, 1.82) is 5.26 Å².